The molecule has 0 saturated heterocycles. The van der Waals surface area contributed by atoms with Gasteiger partial charge in [-0.25, -0.2) is 0 Å². The fourth-order valence-corrected chi connectivity index (χ4v) is 1.49. The topological polar surface area (TPSA) is 55.4 Å². The third-order valence-electron chi connectivity index (χ3n) is 1.55. The van der Waals surface area contributed by atoms with Gasteiger partial charge in [-0.1, -0.05) is 6.08 Å². The van der Waals surface area contributed by atoms with E-state index < -0.39 is 0 Å². The zero-order valence-corrected chi connectivity index (χ0v) is 9.93. The number of carbonyl (C=O) groups excluding carboxylic acids is 2. The molecule has 1 unspecified atom stereocenters. The molecule has 0 aromatic carbocycles. The summed E-state index contributed by atoms with van der Waals surface area (Å²) in [5, 5.41) is 2.40. The molecule has 0 fully saturated rings. The number of thioether (sulfide) groups is 1. The molecule has 0 aliphatic heterocycles. The van der Waals surface area contributed by atoms with Crippen molar-refractivity contribution in [1.82, 2.24) is 5.32 Å². The first-order chi connectivity index (χ1) is 7.11. The standard InChI is InChI=1S/C10H17NO3S/c1-4-6-11-10(13)8(3)15-7-9(12)14-5-2/h4,8H,1,5-7H2,2-3H3,(H,11,13). The van der Waals surface area contributed by atoms with Crippen molar-refractivity contribution in [3.63, 3.8) is 0 Å². The summed E-state index contributed by atoms with van der Waals surface area (Å²) in [7, 11) is 0. The fraction of sp³-hybridized carbons (Fsp3) is 0.600. The maximum absolute atomic E-state index is 11.3. The number of hydrogen-bond acceptors (Lipinski definition) is 4. The summed E-state index contributed by atoms with van der Waals surface area (Å²) < 4.78 is 4.75. The van der Waals surface area contributed by atoms with Crippen LogP contribution in [0.1, 0.15) is 13.8 Å². The van der Waals surface area contributed by atoms with Gasteiger partial charge >= 0.3 is 5.97 Å². The highest BCUT2D eigenvalue weighted by molar-refractivity contribution is 8.01. The van der Waals surface area contributed by atoms with Gasteiger partial charge in [0, 0.05) is 6.54 Å². The lowest BCUT2D eigenvalue weighted by Gasteiger charge is -2.10. The van der Waals surface area contributed by atoms with Crippen molar-refractivity contribution in [3.05, 3.63) is 12.7 Å². The van der Waals surface area contributed by atoms with E-state index >= 15 is 0 Å². The zero-order valence-electron chi connectivity index (χ0n) is 9.12. The normalized spacial score (nSPS) is 11.6. The summed E-state index contributed by atoms with van der Waals surface area (Å²) in [4.78, 5) is 22.3. The van der Waals surface area contributed by atoms with Gasteiger partial charge in [0.05, 0.1) is 17.6 Å². The lowest BCUT2D eigenvalue weighted by Crippen LogP contribution is -2.31. The Balaban J connectivity index is 3.72. The first-order valence-electron chi connectivity index (χ1n) is 4.77. The average molecular weight is 231 g/mol. The van der Waals surface area contributed by atoms with Crippen molar-refractivity contribution >= 4 is 23.6 Å². The lowest BCUT2D eigenvalue weighted by molar-refractivity contribution is -0.139. The number of esters is 1. The van der Waals surface area contributed by atoms with Crippen LogP contribution >= 0.6 is 11.8 Å². The molecular weight excluding hydrogens is 214 g/mol. The Hall–Kier alpha value is -0.970. The van der Waals surface area contributed by atoms with Crippen LogP contribution in [0.5, 0.6) is 0 Å². The van der Waals surface area contributed by atoms with Gasteiger partial charge in [-0.3, -0.25) is 9.59 Å². The zero-order chi connectivity index (χ0) is 11.7. The molecule has 0 aromatic heterocycles. The van der Waals surface area contributed by atoms with E-state index in [1.165, 1.54) is 11.8 Å². The Bertz CT molecular complexity index is 231. The Morgan fingerprint density at radius 3 is 2.80 bits per heavy atom. The number of amides is 1. The molecule has 0 heterocycles. The Morgan fingerprint density at radius 2 is 2.27 bits per heavy atom. The molecule has 1 amide bonds. The van der Waals surface area contributed by atoms with E-state index in [1.54, 1.807) is 19.9 Å². The maximum Gasteiger partial charge on any atom is 0.315 e. The summed E-state index contributed by atoms with van der Waals surface area (Å²) >= 11 is 1.26. The molecular formula is C10H17NO3S. The molecule has 15 heavy (non-hydrogen) atoms. The SMILES string of the molecule is C=CCNC(=O)C(C)SCC(=O)OCC. The van der Waals surface area contributed by atoms with Crippen molar-refractivity contribution in [3.8, 4) is 0 Å². The number of hydrogen-bond donors (Lipinski definition) is 1. The minimum atomic E-state index is -0.286. The van der Waals surface area contributed by atoms with Crippen LogP contribution in [0.3, 0.4) is 0 Å². The van der Waals surface area contributed by atoms with E-state index in [0.29, 0.717) is 13.2 Å². The van der Waals surface area contributed by atoms with E-state index in [2.05, 4.69) is 11.9 Å². The molecule has 0 aliphatic rings. The van der Waals surface area contributed by atoms with Crippen molar-refractivity contribution in [2.45, 2.75) is 19.1 Å². The van der Waals surface area contributed by atoms with Gasteiger partial charge in [0.25, 0.3) is 0 Å². The van der Waals surface area contributed by atoms with Crippen molar-refractivity contribution in [1.29, 1.82) is 0 Å². The molecule has 0 saturated carbocycles. The van der Waals surface area contributed by atoms with Crippen LogP contribution < -0.4 is 5.32 Å². The largest absolute Gasteiger partial charge is 0.465 e. The molecule has 1 atom stereocenters. The third kappa shape index (κ3) is 7.02. The predicted octanol–water partition coefficient (Wildman–Crippen LogP) is 0.973. The minimum absolute atomic E-state index is 0.0933. The van der Waals surface area contributed by atoms with Gasteiger partial charge in [-0.05, 0) is 13.8 Å². The molecule has 0 bridgehead atoms. The van der Waals surface area contributed by atoms with Crippen LogP contribution in [0.4, 0.5) is 0 Å². The number of carbonyl (C=O) groups is 2. The van der Waals surface area contributed by atoms with Crippen LogP contribution in [0.15, 0.2) is 12.7 Å². The summed E-state index contributed by atoms with van der Waals surface area (Å²) in [6.07, 6.45) is 1.61. The van der Waals surface area contributed by atoms with E-state index in [1.807, 2.05) is 0 Å². The summed E-state index contributed by atoms with van der Waals surface area (Å²) in [5.41, 5.74) is 0. The van der Waals surface area contributed by atoms with Gasteiger partial charge in [-0.15, -0.1) is 18.3 Å². The van der Waals surface area contributed by atoms with Crippen LogP contribution in [-0.4, -0.2) is 36.0 Å². The van der Waals surface area contributed by atoms with Gasteiger partial charge in [-0.2, -0.15) is 0 Å². The lowest BCUT2D eigenvalue weighted by atomic mass is 10.4. The van der Waals surface area contributed by atoms with E-state index in [0.717, 1.165) is 0 Å². The van der Waals surface area contributed by atoms with Crippen molar-refractivity contribution in [2.24, 2.45) is 0 Å². The quantitative estimate of drug-likeness (QED) is 0.524. The van der Waals surface area contributed by atoms with Gasteiger partial charge in [0.15, 0.2) is 0 Å². The highest BCUT2D eigenvalue weighted by Gasteiger charge is 2.14. The van der Waals surface area contributed by atoms with Crippen LogP contribution in [0.2, 0.25) is 0 Å². The molecule has 0 aromatic rings. The summed E-state index contributed by atoms with van der Waals surface area (Å²) in [6.45, 7) is 7.82. The first kappa shape index (κ1) is 14.0. The minimum Gasteiger partial charge on any atom is -0.465 e. The van der Waals surface area contributed by atoms with E-state index in [-0.39, 0.29) is 22.9 Å². The van der Waals surface area contributed by atoms with E-state index in [9.17, 15) is 9.59 Å². The fourth-order valence-electron chi connectivity index (χ4n) is 0.788. The second-order valence-corrected chi connectivity index (χ2v) is 4.12. The Kier molecular flexibility index (Phi) is 7.81. The molecule has 0 rings (SSSR count). The molecule has 0 spiro atoms. The summed E-state index contributed by atoms with van der Waals surface area (Å²) in [5.74, 6) is -0.175. The third-order valence-corrected chi connectivity index (χ3v) is 2.66. The highest BCUT2D eigenvalue weighted by atomic mass is 32.2. The van der Waals surface area contributed by atoms with Gasteiger partial charge in [0.1, 0.15) is 0 Å². The number of ether oxygens (including phenoxy) is 1. The smallest absolute Gasteiger partial charge is 0.315 e. The molecule has 5 heteroatoms. The molecule has 0 aliphatic carbocycles. The predicted molar refractivity (Wildman–Crippen MR) is 61.8 cm³/mol. The Morgan fingerprint density at radius 1 is 1.60 bits per heavy atom. The van der Waals surface area contributed by atoms with Crippen LogP contribution in [0, 0.1) is 0 Å². The van der Waals surface area contributed by atoms with Crippen molar-refractivity contribution < 1.29 is 14.3 Å². The molecule has 0 radical (unpaired) electrons. The van der Waals surface area contributed by atoms with Crippen LogP contribution in [0.25, 0.3) is 0 Å². The summed E-state index contributed by atoms with van der Waals surface area (Å²) in [6, 6.07) is 0. The van der Waals surface area contributed by atoms with Gasteiger partial charge < -0.3 is 10.1 Å². The second kappa shape index (κ2) is 8.35. The number of nitrogens with one attached hydrogen (secondary N) is 1. The second-order valence-electron chi connectivity index (χ2n) is 2.79. The maximum atomic E-state index is 11.3. The monoisotopic (exact) mass is 231 g/mol. The molecule has 86 valence electrons. The highest BCUT2D eigenvalue weighted by Crippen LogP contribution is 2.10. The average Bonchev–Trinajstić information content (AvgIpc) is 2.22. The molecule has 1 N–H and O–H groups in total. The van der Waals surface area contributed by atoms with Crippen molar-refractivity contribution in [2.75, 3.05) is 18.9 Å². The number of rotatable bonds is 7. The molecule has 4 nitrogen and oxygen atoms in total. The van der Waals surface area contributed by atoms with Crippen LogP contribution in [-0.2, 0) is 14.3 Å². The first-order valence-corrected chi connectivity index (χ1v) is 5.82. The Labute approximate surface area is 94.4 Å². The van der Waals surface area contributed by atoms with E-state index in [4.69, 9.17) is 4.74 Å². The van der Waals surface area contributed by atoms with Gasteiger partial charge in [0.2, 0.25) is 5.91 Å².